The number of benzene rings is 2. The zero-order valence-electron chi connectivity index (χ0n) is 15.7. The summed E-state index contributed by atoms with van der Waals surface area (Å²) in [4.78, 5) is 35.3. The van der Waals surface area contributed by atoms with Crippen LogP contribution in [0.5, 0.6) is 0 Å². The zero-order valence-corrected chi connectivity index (χ0v) is 16.5. The van der Waals surface area contributed by atoms with E-state index < -0.39 is 22.9 Å². The molecule has 2 aromatic carbocycles. The number of nitrogens with one attached hydrogen (secondary N) is 1. The molecule has 0 aliphatic carbocycles. The largest absolute Gasteiger partial charge is 0.449 e. The highest BCUT2D eigenvalue weighted by Gasteiger charge is 2.25. The molecule has 1 atom stereocenters. The lowest BCUT2D eigenvalue weighted by molar-refractivity contribution is -0.384. The maximum Gasteiger partial charge on any atom is 0.375 e. The van der Waals surface area contributed by atoms with Crippen molar-refractivity contribution in [3.8, 4) is 0 Å². The Labute approximate surface area is 170 Å². The Kier molecular flexibility index (Phi) is 6.18. The predicted octanol–water partition coefficient (Wildman–Crippen LogP) is 4.39. The fourth-order valence-corrected chi connectivity index (χ4v) is 3.34. The number of carbonyl (C=O) groups is 2. The number of nitrogens with zero attached hydrogens (tertiary/aromatic N) is 1. The first-order valence-electron chi connectivity index (χ1n) is 8.66. The predicted molar refractivity (Wildman–Crippen MR) is 110 cm³/mol. The van der Waals surface area contributed by atoms with E-state index in [1.165, 1.54) is 43.0 Å². The molecule has 0 aliphatic heterocycles. The lowest BCUT2D eigenvalue weighted by Gasteiger charge is -2.13. The number of amides is 1. The second-order valence-corrected chi connectivity index (χ2v) is 7.05. The molecule has 3 rings (SSSR count). The van der Waals surface area contributed by atoms with Crippen LogP contribution in [0.4, 0.5) is 11.4 Å². The topological polar surface area (TPSA) is 112 Å². The van der Waals surface area contributed by atoms with Gasteiger partial charge in [0.25, 0.3) is 11.6 Å². The van der Waals surface area contributed by atoms with E-state index in [9.17, 15) is 19.7 Å². The quantitative estimate of drug-likeness (QED) is 0.347. The number of nitro benzene ring substituents is 1. The van der Waals surface area contributed by atoms with E-state index in [2.05, 4.69) is 5.32 Å². The molecule has 1 aromatic heterocycles. The number of fused-ring (bicyclic) bond motifs is 1. The van der Waals surface area contributed by atoms with Crippen LogP contribution in [0.2, 0.25) is 0 Å². The summed E-state index contributed by atoms with van der Waals surface area (Å²) in [6, 6.07) is 12.8. The van der Waals surface area contributed by atoms with E-state index in [0.29, 0.717) is 16.9 Å². The number of ether oxygens (including phenoxy) is 1. The van der Waals surface area contributed by atoms with Gasteiger partial charge in [-0.1, -0.05) is 24.3 Å². The van der Waals surface area contributed by atoms with E-state index in [4.69, 9.17) is 9.15 Å². The van der Waals surface area contributed by atoms with E-state index in [-0.39, 0.29) is 17.1 Å². The van der Waals surface area contributed by atoms with Crippen molar-refractivity contribution in [2.24, 2.45) is 0 Å². The maximum atomic E-state index is 12.6. The number of thioether (sulfide) groups is 1. The molecule has 1 heterocycles. The molecule has 0 bridgehead atoms. The molecule has 9 heteroatoms. The monoisotopic (exact) mass is 414 g/mol. The van der Waals surface area contributed by atoms with Crippen LogP contribution in [0.25, 0.3) is 11.0 Å². The van der Waals surface area contributed by atoms with Gasteiger partial charge in [0, 0.05) is 34.5 Å². The first kappa shape index (κ1) is 20.4. The molecule has 29 heavy (non-hydrogen) atoms. The number of anilines is 1. The molecule has 0 fully saturated rings. The lowest BCUT2D eigenvalue weighted by atomic mass is 10.1. The first-order chi connectivity index (χ1) is 13.9. The van der Waals surface area contributed by atoms with Crippen molar-refractivity contribution in [2.45, 2.75) is 18.8 Å². The molecule has 0 radical (unpaired) electrons. The highest BCUT2D eigenvalue weighted by molar-refractivity contribution is 7.97. The van der Waals surface area contributed by atoms with Crippen LogP contribution < -0.4 is 5.32 Å². The highest BCUT2D eigenvalue weighted by Crippen LogP contribution is 2.29. The van der Waals surface area contributed by atoms with E-state index >= 15 is 0 Å². The standard InChI is InChI=1S/C20H18N2O6S/c1-12(19(23)21-13-6-5-7-14(10-13)22(25)26)27-20(24)18-16(11-29-2)15-8-3-4-9-17(15)28-18/h3-10,12H,11H2,1-2H3,(H,21,23)/t12-/m1/s1. The molecular weight excluding hydrogens is 396 g/mol. The van der Waals surface area contributed by atoms with Crippen LogP contribution in [-0.2, 0) is 15.3 Å². The number of para-hydroxylation sites is 1. The smallest absolute Gasteiger partial charge is 0.375 e. The Bertz CT molecular complexity index is 1080. The summed E-state index contributed by atoms with van der Waals surface area (Å²) in [5.41, 5.74) is 1.36. The average Bonchev–Trinajstić information content (AvgIpc) is 3.07. The van der Waals surface area contributed by atoms with Crippen molar-refractivity contribution >= 4 is 46.0 Å². The number of hydrogen-bond acceptors (Lipinski definition) is 7. The third-order valence-electron chi connectivity index (χ3n) is 4.15. The Morgan fingerprint density at radius 2 is 2.00 bits per heavy atom. The molecule has 3 aromatic rings. The van der Waals surface area contributed by atoms with Crippen LogP contribution in [0.3, 0.4) is 0 Å². The van der Waals surface area contributed by atoms with Gasteiger partial charge in [0.05, 0.1) is 4.92 Å². The second kappa shape index (κ2) is 8.78. The molecule has 0 unspecified atom stereocenters. The van der Waals surface area contributed by atoms with Crippen LogP contribution >= 0.6 is 11.8 Å². The van der Waals surface area contributed by atoms with Gasteiger partial charge in [-0.2, -0.15) is 11.8 Å². The number of rotatable bonds is 7. The Morgan fingerprint density at radius 1 is 1.24 bits per heavy atom. The molecule has 1 amide bonds. The Hall–Kier alpha value is -3.33. The fraction of sp³-hybridized carbons (Fsp3) is 0.200. The van der Waals surface area contributed by atoms with Gasteiger partial charge in [-0.15, -0.1) is 0 Å². The summed E-state index contributed by atoms with van der Waals surface area (Å²) in [7, 11) is 0. The van der Waals surface area contributed by atoms with Gasteiger partial charge in [0.15, 0.2) is 6.10 Å². The van der Waals surface area contributed by atoms with Crippen molar-refractivity contribution in [3.05, 3.63) is 70.0 Å². The van der Waals surface area contributed by atoms with Crippen molar-refractivity contribution in [1.29, 1.82) is 0 Å². The summed E-state index contributed by atoms with van der Waals surface area (Å²) < 4.78 is 10.9. The van der Waals surface area contributed by atoms with Gasteiger partial charge in [0.2, 0.25) is 5.76 Å². The summed E-state index contributed by atoms with van der Waals surface area (Å²) in [6.45, 7) is 1.42. The summed E-state index contributed by atoms with van der Waals surface area (Å²) in [5, 5.41) is 14.2. The number of non-ortho nitro benzene ring substituents is 1. The zero-order chi connectivity index (χ0) is 21.0. The molecule has 0 saturated heterocycles. The highest BCUT2D eigenvalue weighted by atomic mass is 32.2. The number of esters is 1. The maximum absolute atomic E-state index is 12.6. The third kappa shape index (κ3) is 4.57. The number of furan rings is 1. The molecule has 0 aliphatic rings. The second-order valence-electron chi connectivity index (χ2n) is 6.18. The number of hydrogen-bond donors (Lipinski definition) is 1. The molecule has 8 nitrogen and oxygen atoms in total. The van der Waals surface area contributed by atoms with Crippen molar-refractivity contribution in [2.75, 3.05) is 11.6 Å². The van der Waals surface area contributed by atoms with Crippen molar-refractivity contribution in [1.82, 2.24) is 0 Å². The van der Waals surface area contributed by atoms with Crippen LogP contribution in [0.15, 0.2) is 52.9 Å². The van der Waals surface area contributed by atoms with Gasteiger partial charge in [-0.25, -0.2) is 4.79 Å². The minimum absolute atomic E-state index is 0.0653. The van der Waals surface area contributed by atoms with Gasteiger partial charge >= 0.3 is 5.97 Å². The number of carbonyl (C=O) groups excluding carboxylic acids is 2. The third-order valence-corrected chi connectivity index (χ3v) is 4.73. The minimum atomic E-state index is -1.13. The molecular formula is C20H18N2O6S. The molecule has 0 spiro atoms. The van der Waals surface area contributed by atoms with Gasteiger partial charge in [-0.05, 0) is 25.3 Å². The summed E-state index contributed by atoms with van der Waals surface area (Å²) >= 11 is 1.53. The lowest BCUT2D eigenvalue weighted by Crippen LogP contribution is -2.30. The normalized spacial score (nSPS) is 11.8. The Morgan fingerprint density at radius 3 is 2.72 bits per heavy atom. The van der Waals surface area contributed by atoms with Gasteiger partial charge in [0.1, 0.15) is 5.58 Å². The molecule has 0 saturated carbocycles. The van der Waals surface area contributed by atoms with E-state index in [1.807, 2.05) is 18.4 Å². The summed E-state index contributed by atoms with van der Waals surface area (Å²) in [6.07, 6.45) is 0.781. The van der Waals surface area contributed by atoms with Crippen LogP contribution in [0.1, 0.15) is 23.0 Å². The number of nitro groups is 1. The van der Waals surface area contributed by atoms with Gasteiger partial charge < -0.3 is 14.5 Å². The average molecular weight is 414 g/mol. The SMILES string of the molecule is CSCc1c(C(=O)O[C@H](C)C(=O)Nc2cccc([N+](=O)[O-])c2)oc2ccccc12. The van der Waals surface area contributed by atoms with Crippen molar-refractivity contribution < 1.29 is 23.7 Å². The van der Waals surface area contributed by atoms with E-state index in [1.54, 1.807) is 12.1 Å². The molecule has 1 N–H and O–H groups in total. The Balaban J connectivity index is 1.74. The summed E-state index contributed by atoms with van der Waals surface area (Å²) in [5.74, 6) is -0.737. The van der Waals surface area contributed by atoms with Crippen molar-refractivity contribution in [3.63, 3.8) is 0 Å². The van der Waals surface area contributed by atoms with Crippen LogP contribution in [0, 0.1) is 10.1 Å². The van der Waals surface area contributed by atoms with E-state index in [0.717, 1.165) is 5.39 Å². The molecule has 150 valence electrons. The minimum Gasteiger partial charge on any atom is -0.449 e. The first-order valence-corrected chi connectivity index (χ1v) is 10.1. The fourth-order valence-electron chi connectivity index (χ4n) is 2.76. The van der Waals surface area contributed by atoms with Gasteiger partial charge in [-0.3, -0.25) is 14.9 Å². The van der Waals surface area contributed by atoms with Crippen LogP contribution in [-0.4, -0.2) is 29.2 Å².